The highest BCUT2D eigenvalue weighted by atomic mass is 79.9. The zero-order chi connectivity index (χ0) is 25.3. The molecular formula is C26H23BrClN3O4S. The summed E-state index contributed by atoms with van der Waals surface area (Å²) in [5, 5.41) is 0.482. The van der Waals surface area contributed by atoms with Gasteiger partial charge in [0.2, 0.25) is 26.6 Å². The number of aromatic nitrogens is 1. The van der Waals surface area contributed by atoms with Crippen molar-refractivity contribution in [2.75, 3.05) is 43.1 Å². The summed E-state index contributed by atoms with van der Waals surface area (Å²) in [4.78, 5) is 8.81. The molecule has 0 radical (unpaired) electrons. The van der Waals surface area contributed by atoms with Crippen molar-refractivity contribution in [2.45, 2.75) is 9.92 Å². The number of sulfone groups is 1. The van der Waals surface area contributed by atoms with Crippen LogP contribution in [0.5, 0.6) is 5.75 Å². The lowest BCUT2D eigenvalue weighted by Crippen LogP contribution is -2.46. The van der Waals surface area contributed by atoms with Gasteiger partial charge in [-0.25, -0.2) is 8.42 Å². The van der Waals surface area contributed by atoms with Crippen LogP contribution in [0, 0.1) is 0 Å². The van der Waals surface area contributed by atoms with Crippen molar-refractivity contribution in [3.8, 4) is 17.2 Å². The summed E-state index contributed by atoms with van der Waals surface area (Å²) in [6.45, 7) is 2.54. The Morgan fingerprint density at radius 1 is 0.889 bits per heavy atom. The monoisotopic (exact) mass is 587 g/mol. The second-order valence-electron chi connectivity index (χ2n) is 8.27. The van der Waals surface area contributed by atoms with Gasteiger partial charge in [0.05, 0.1) is 12.0 Å². The fourth-order valence-electron chi connectivity index (χ4n) is 4.08. The Balaban J connectivity index is 1.48. The molecule has 0 aliphatic carbocycles. The van der Waals surface area contributed by atoms with Crippen molar-refractivity contribution >= 4 is 48.9 Å². The van der Waals surface area contributed by atoms with Gasteiger partial charge >= 0.3 is 0 Å². The Bertz CT molecular complexity index is 1450. The number of benzene rings is 3. The fourth-order valence-corrected chi connectivity index (χ4v) is 5.79. The first kappa shape index (κ1) is 24.7. The lowest BCUT2D eigenvalue weighted by Gasteiger charge is -2.36. The standard InChI is InChI=1S/C26H23BrClN3O4S/c1-34-22-10-8-21(9-11-22)30-14-16-31(17-15-30)26-25(36(32,33)23-12-4-19(27)5-13-23)29-24(35-26)18-2-6-20(28)7-3-18/h2-13H,14-17H2,1H3. The minimum Gasteiger partial charge on any atom is -0.497 e. The lowest BCUT2D eigenvalue weighted by molar-refractivity contribution is 0.415. The van der Waals surface area contributed by atoms with E-state index in [9.17, 15) is 8.42 Å². The van der Waals surface area contributed by atoms with Crippen molar-refractivity contribution in [3.63, 3.8) is 0 Å². The van der Waals surface area contributed by atoms with Crippen molar-refractivity contribution in [1.29, 1.82) is 0 Å². The van der Waals surface area contributed by atoms with Gasteiger partial charge in [-0.2, -0.15) is 4.98 Å². The third-order valence-corrected chi connectivity index (χ3v) is 8.50. The fraction of sp³-hybridized carbons (Fsp3) is 0.192. The molecule has 4 aromatic rings. The van der Waals surface area contributed by atoms with Crippen LogP contribution in [-0.4, -0.2) is 46.7 Å². The van der Waals surface area contributed by atoms with Gasteiger partial charge in [0.15, 0.2) is 0 Å². The molecule has 1 fully saturated rings. The molecule has 0 N–H and O–H groups in total. The van der Waals surface area contributed by atoms with Crippen LogP contribution in [0.15, 0.2) is 91.6 Å². The summed E-state index contributed by atoms with van der Waals surface area (Å²) in [7, 11) is -2.28. The Labute approximate surface area is 223 Å². The van der Waals surface area contributed by atoms with Gasteiger partial charge in [-0.3, -0.25) is 0 Å². The number of hydrogen-bond donors (Lipinski definition) is 0. The van der Waals surface area contributed by atoms with E-state index >= 15 is 0 Å². The lowest BCUT2D eigenvalue weighted by atomic mass is 10.2. The van der Waals surface area contributed by atoms with Crippen molar-refractivity contribution in [1.82, 2.24) is 4.98 Å². The molecule has 3 aromatic carbocycles. The van der Waals surface area contributed by atoms with Gasteiger partial charge in [-0.1, -0.05) is 27.5 Å². The normalized spacial score (nSPS) is 14.2. The number of nitrogens with zero attached hydrogens (tertiary/aromatic N) is 3. The first-order valence-corrected chi connectivity index (χ1v) is 13.9. The van der Waals surface area contributed by atoms with Gasteiger partial charge in [0, 0.05) is 46.9 Å². The first-order valence-electron chi connectivity index (χ1n) is 11.3. The molecule has 186 valence electrons. The van der Waals surface area contributed by atoms with Gasteiger partial charge in [-0.15, -0.1) is 0 Å². The Morgan fingerprint density at radius 3 is 2.11 bits per heavy atom. The van der Waals surface area contributed by atoms with Gasteiger partial charge in [0.25, 0.3) is 0 Å². The number of piperazine rings is 1. The molecule has 36 heavy (non-hydrogen) atoms. The maximum Gasteiger partial charge on any atom is 0.236 e. The molecular weight excluding hydrogens is 566 g/mol. The van der Waals surface area contributed by atoms with Crippen molar-refractivity contribution in [3.05, 3.63) is 82.3 Å². The maximum absolute atomic E-state index is 13.6. The highest BCUT2D eigenvalue weighted by molar-refractivity contribution is 9.10. The molecule has 0 saturated carbocycles. The van der Waals surface area contributed by atoms with E-state index in [0.717, 1.165) is 15.9 Å². The van der Waals surface area contributed by atoms with Crippen LogP contribution in [0.1, 0.15) is 0 Å². The van der Waals surface area contributed by atoms with Crippen LogP contribution < -0.4 is 14.5 Å². The molecule has 5 rings (SSSR count). The molecule has 0 spiro atoms. The Morgan fingerprint density at radius 2 is 1.50 bits per heavy atom. The van der Waals surface area contributed by atoms with E-state index in [4.69, 9.17) is 20.8 Å². The van der Waals surface area contributed by atoms with Crippen LogP contribution in [0.2, 0.25) is 5.02 Å². The molecule has 2 heterocycles. The van der Waals surface area contributed by atoms with Crippen LogP contribution in [0.3, 0.4) is 0 Å². The summed E-state index contributed by atoms with van der Waals surface area (Å²) in [5.74, 6) is 1.28. The number of oxazole rings is 1. The van der Waals surface area contributed by atoms with E-state index in [0.29, 0.717) is 36.8 Å². The van der Waals surface area contributed by atoms with E-state index < -0.39 is 9.84 Å². The van der Waals surface area contributed by atoms with Crippen LogP contribution in [0.4, 0.5) is 11.6 Å². The molecule has 10 heteroatoms. The van der Waals surface area contributed by atoms with Crippen molar-refractivity contribution < 1.29 is 17.6 Å². The van der Waals surface area contributed by atoms with Gasteiger partial charge in [0.1, 0.15) is 5.75 Å². The summed E-state index contributed by atoms with van der Waals surface area (Å²) in [6, 6.07) is 21.4. The number of ether oxygens (including phenoxy) is 1. The maximum atomic E-state index is 13.6. The number of halogens is 2. The number of anilines is 2. The summed E-state index contributed by atoms with van der Waals surface area (Å²) >= 11 is 9.39. The second kappa shape index (κ2) is 10.2. The zero-order valence-electron chi connectivity index (χ0n) is 19.4. The average molecular weight is 589 g/mol. The van der Waals surface area contributed by atoms with E-state index in [-0.39, 0.29) is 21.7 Å². The molecule has 1 saturated heterocycles. The predicted octanol–water partition coefficient (Wildman–Crippen LogP) is 5.93. The average Bonchev–Trinajstić information content (AvgIpc) is 3.36. The molecule has 7 nitrogen and oxygen atoms in total. The highest BCUT2D eigenvalue weighted by Crippen LogP contribution is 2.36. The van der Waals surface area contributed by atoms with Crippen LogP contribution in [0.25, 0.3) is 11.5 Å². The summed E-state index contributed by atoms with van der Waals surface area (Å²) in [5.41, 5.74) is 1.73. The molecule has 0 amide bonds. The third kappa shape index (κ3) is 4.96. The molecule has 1 aliphatic heterocycles. The van der Waals surface area contributed by atoms with Crippen LogP contribution >= 0.6 is 27.5 Å². The van der Waals surface area contributed by atoms with E-state index in [1.54, 1.807) is 55.6 Å². The number of rotatable bonds is 6. The minimum atomic E-state index is -3.93. The largest absolute Gasteiger partial charge is 0.497 e. The topological polar surface area (TPSA) is 75.9 Å². The van der Waals surface area contributed by atoms with Crippen LogP contribution in [-0.2, 0) is 9.84 Å². The van der Waals surface area contributed by atoms with Crippen molar-refractivity contribution in [2.24, 2.45) is 0 Å². The molecule has 1 aliphatic rings. The number of methoxy groups -OCH3 is 1. The Hall–Kier alpha value is -3.01. The molecule has 0 atom stereocenters. The second-order valence-corrected chi connectivity index (χ2v) is 11.5. The number of hydrogen-bond acceptors (Lipinski definition) is 7. The Kier molecular flexibility index (Phi) is 6.96. The van der Waals surface area contributed by atoms with E-state index in [2.05, 4.69) is 25.8 Å². The summed E-state index contributed by atoms with van der Waals surface area (Å²) in [6.07, 6.45) is 0. The zero-order valence-corrected chi connectivity index (χ0v) is 22.6. The van der Waals surface area contributed by atoms with E-state index in [1.807, 2.05) is 29.2 Å². The molecule has 1 aromatic heterocycles. The smallest absolute Gasteiger partial charge is 0.236 e. The van der Waals surface area contributed by atoms with Gasteiger partial charge in [-0.05, 0) is 72.8 Å². The quantitative estimate of drug-likeness (QED) is 0.277. The minimum absolute atomic E-state index is 0.0901. The molecule has 0 bridgehead atoms. The SMILES string of the molecule is COc1ccc(N2CCN(c3oc(-c4ccc(Cl)cc4)nc3S(=O)(=O)c3ccc(Br)cc3)CC2)cc1. The predicted molar refractivity (Wildman–Crippen MR) is 144 cm³/mol. The molecule has 0 unspecified atom stereocenters. The van der Waals surface area contributed by atoms with Gasteiger partial charge < -0.3 is 19.0 Å². The van der Waals surface area contributed by atoms with E-state index in [1.165, 1.54) is 0 Å². The first-order chi connectivity index (χ1) is 17.3. The highest BCUT2D eigenvalue weighted by Gasteiger charge is 2.33. The summed E-state index contributed by atoms with van der Waals surface area (Å²) < 4.78 is 39.5. The third-order valence-electron chi connectivity index (χ3n) is 6.05.